The Labute approximate surface area is 222 Å². The highest BCUT2D eigenvalue weighted by Crippen LogP contribution is 2.36. The molecule has 1 heterocycles. The molecule has 1 aliphatic heterocycles. The molecule has 0 aliphatic carbocycles. The summed E-state index contributed by atoms with van der Waals surface area (Å²) in [4.78, 5) is 13.3. The van der Waals surface area contributed by atoms with Crippen LogP contribution in [0.4, 0.5) is 11.4 Å². The average molecular weight is 560 g/mol. The zero-order valence-electron chi connectivity index (χ0n) is 21.1. The van der Waals surface area contributed by atoms with Crippen molar-refractivity contribution in [3.8, 4) is 11.5 Å². The Hall–Kier alpha value is -3.61. The first kappa shape index (κ1) is 27.4. The number of anilines is 2. The van der Waals surface area contributed by atoms with Crippen molar-refractivity contribution in [2.75, 3.05) is 23.3 Å². The van der Waals surface area contributed by atoms with E-state index < -0.39 is 32.1 Å². The fourth-order valence-corrected chi connectivity index (χ4v) is 6.87. The van der Waals surface area contributed by atoms with Crippen LogP contribution in [0.15, 0.2) is 77.7 Å². The van der Waals surface area contributed by atoms with Gasteiger partial charge in [0.25, 0.3) is 5.91 Å². The molecule has 38 heavy (non-hydrogen) atoms. The molecule has 1 atom stereocenters. The summed E-state index contributed by atoms with van der Waals surface area (Å²) in [7, 11) is -6.33. The third-order valence-corrected chi connectivity index (χ3v) is 9.06. The number of sulfonamides is 2. The van der Waals surface area contributed by atoms with E-state index in [0.29, 0.717) is 11.3 Å². The van der Waals surface area contributed by atoms with E-state index in [2.05, 4.69) is 10.0 Å². The van der Waals surface area contributed by atoms with Crippen LogP contribution in [0, 0.1) is 0 Å². The van der Waals surface area contributed by atoms with Crippen molar-refractivity contribution in [3.05, 3.63) is 78.4 Å². The third kappa shape index (κ3) is 6.09. The molecule has 1 aliphatic rings. The second-order valence-corrected chi connectivity index (χ2v) is 12.6. The normalized spacial score (nSPS) is 15.5. The van der Waals surface area contributed by atoms with Crippen molar-refractivity contribution in [1.82, 2.24) is 4.72 Å². The molecule has 0 fully saturated rings. The number of amides is 1. The number of carbonyl (C=O) groups excluding carboxylic acids is 1. The van der Waals surface area contributed by atoms with Crippen LogP contribution in [0.1, 0.15) is 19.4 Å². The van der Waals surface area contributed by atoms with Gasteiger partial charge in [-0.2, -0.15) is 0 Å². The Morgan fingerprint density at radius 3 is 2.39 bits per heavy atom. The molecular weight excluding hydrogens is 530 g/mol. The van der Waals surface area contributed by atoms with Gasteiger partial charge < -0.3 is 14.8 Å². The maximum atomic E-state index is 13.4. The second kappa shape index (κ2) is 11.0. The smallest absolute Gasteiger partial charge is 0.267 e. The van der Waals surface area contributed by atoms with Crippen molar-refractivity contribution in [2.45, 2.75) is 36.6 Å². The van der Waals surface area contributed by atoms with Crippen LogP contribution >= 0.6 is 0 Å². The van der Waals surface area contributed by atoms with Crippen molar-refractivity contribution >= 4 is 37.3 Å². The number of benzene rings is 3. The quantitative estimate of drug-likeness (QED) is 0.412. The van der Waals surface area contributed by atoms with E-state index in [4.69, 9.17) is 9.47 Å². The average Bonchev–Trinajstić information content (AvgIpc) is 2.87. The molecule has 3 aromatic rings. The molecule has 0 unspecified atom stereocenters. The van der Waals surface area contributed by atoms with Gasteiger partial charge in [-0.3, -0.25) is 9.10 Å². The largest absolute Gasteiger partial charge is 0.495 e. The lowest BCUT2D eigenvalue weighted by Gasteiger charge is -2.34. The SMILES string of the molecule is COc1ccc(S(=O)(=O)NC(C)C)cc1NC(=O)[C@@H]1CN(S(=O)(=O)Cc2ccccc2)c2ccccc2O1. The number of nitrogens with zero attached hydrogens (tertiary/aromatic N) is 1. The molecular formula is C26H29N3O7S2. The Morgan fingerprint density at radius 1 is 1.03 bits per heavy atom. The molecule has 0 spiro atoms. The van der Waals surface area contributed by atoms with Gasteiger partial charge in [0.1, 0.15) is 11.5 Å². The van der Waals surface area contributed by atoms with Gasteiger partial charge in [0.15, 0.2) is 6.10 Å². The number of methoxy groups -OCH3 is 1. The summed E-state index contributed by atoms with van der Waals surface area (Å²) < 4.78 is 67.0. The van der Waals surface area contributed by atoms with Crippen LogP contribution in [-0.2, 0) is 30.6 Å². The van der Waals surface area contributed by atoms with E-state index in [1.165, 1.54) is 29.6 Å². The maximum absolute atomic E-state index is 13.4. The van der Waals surface area contributed by atoms with Gasteiger partial charge in [0.05, 0.1) is 35.7 Å². The zero-order chi connectivity index (χ0) is 27.5. The lowest BCUT2D eigenvalue weighted by Crippen LogP contribution is -2.49. The van der Waals surface area contributed by atoms with Crippen molar-refractivity contribution < 1.29 is 31.1 Å². The molecule has 0 bridgehead atoms. The molecule has 1 amide bonds. The first-order valence-corrected chi connectivity index (χ1v) is 14.9. The van der Waals surface area contributed by atoms with Crippen LogP contribution < -0.4 is 23.8 Å². The number of rotatable bonds is 9. The van der Waals surface area contributed by atoms with Gasteiger partial charge in [0.2, 0.25) is 20.0 Å². The molecule has 0 saturated carbocycles. The van der Waals surface area contributed by atoms with Crippen LogP contribution in [0.25, 0.3) is 0 Å². The van der Waals surface area contributed by atoms with Gasteiger partial charge in [-0.05, 0) is 49.7 Å². The fraction of sp³-hybridized carbons (Fsp3) is 0.269. The van der Waals surface area contributed by atoms with E-state index in [1.807, 2.05) is 0 Å². The summed E-state index contributed by atoms with van der Waals surface area (Å²) in [6.45, 7) is 3.12. The lowest BCUT2D eigenvalue weighted by molar-refractivity contribution is -0.122. The highest BCUT2D eigenvalue weighted by Gasteiger charge is 2.37. The molecule has 0 saturated heterocycles. The highest BCUT2D eigenvalue weighted by atomic mass is 32.2. The lowest BCUT2D eigenvalue weighted by atomic mass is 10.2. The third-order valence-electron chi connectivity index (χ3n) is 5.68. The first-order valence-electron chi connectivity index (χ1n) is 11.8. The summed E-state index contributed by atoms with van der Waals surface area (Å²) in [5.41, 5.74) is 1.04. The minimum Gasteiger partial charge on any atom is -0.495 e. The van der Waals surface area contributed by atoms with Gasteiger partial charge in [0, 0.05) is 6.04 Å². The fourth-order valence-electron chi connectivity index (χ4n) is 4.01. The number of carbonyl (C=O) groups is 1. The van der Waals surface area contributed by atoms with E-state index in [0.717, 1.165) is 0 Å². The number of para-hydroxylation sites is 2. The summed E-state index contributed by atoms with van der Waals surface area (Å²) in [5.74, 6) is -0.455. The minimum atomic E-state index is -3.88. The van der Waals surface area contributed by atoms with Crippen LogP contribution in [0.5, 0.6) is 11.5 Å². The zero-order valence-corrected chi connectivity index (χ0v) is 22.8. The number of ether oxygens (including phenoxy) is 2. The van der Waals surface area contributed by atoms with Crippen molar-refractivity contribution in [1.29, 1.82) is 0 Å². The number of fused-ring (bicyclic) bond motifs is 1. The second-order valence-electron chi connectivity index (χ2n) is 8.97. The molecule has 4 rings (SSSR count). The molecule has 3 aromatic carbocycles. The van der Waals surface area contributed by atoms with Crippen LogP contribution in [0.2, 0.25) is 0 Å². The molecule has 0 aromatic heterocycles. The summed E-state index contributed by atoms with van der Waals surface area (Å²) in [5, 5.41) is 2.65. The maximum Gasteiger partial charge on any atom is 0.267 e. The van der Waals surface area contributed by atoms with Crippen molar-refractivity contribution in [3.63, 3.8) is 0 Å². The Morgan fingerprint density at radius 2 is 1.71 bits per heavy atom. The summed E-state index contributed by atoms with van der Waals surface area (Å²) in [6.07, 6.45) is -1.21. The molecule has 202 valence electrons. The van der Waals surface area contributed by atoms with E-state index in [9.17, 15) is 21.6 Å². The predicted molar refractivity (Wildman–Crippen MR) is 144 cm³/mol. The van der Waals surface area contributed by atoms with E-state index in [1.54, 1.807) is 68.4 Å². The molecule has 2 N–H and O–H groups in total. The number of nitrogens with one attached hydrogen (secondary N) is 2. The summed E-state index contributed by atoms with van der Waals surface area (Å²) >= 11 is 0. The minimum absolute atomic E-state index is 0.0655. The molecule has 10 nitrogen and oxygen atoms in total. The van der Waals surface area contributed by atoms with E-state index >= 15 is 0 Å². The Kier molecular flexibility index (Phi) is 7.95. The predicted octanol–water partition coefficient (Wildman–Crippen LogP) is 3.12. The Bertz CT molecular complexity index is 1530. The standard InChI is InChI=1S/C26H29N3O7S2/c1-18(2)28-38(33,34)20-13-14-23(35-3)21(15-20)27-26(30)25-16-29(22-11-7-8-12-24(22)36-25)37(31,32)17-19-9-5-4-6-10-19/h4-15,18,25,28H,16-17H2,1-3H3,(H,27,30)/t25-/m0/s1. The molecule has 12 heteroatoms. The summed E-state index contributed by atoms with van der Waals surface area (Å²) in [6, 6.07) is 19.1. The van der Waals surface area contributed by atoms with E-state index in [-0.39, 0.29) is 40.4 Å². The van der Waals surface area contributed by atoms with Gasteiger partial charge in [-0.25, -0.2) is 21.6 Å². The Balaban J connectivity index is 1.62. The molecule has 0 radical (unpaired) electrons. The monoisotopic (exact) mass is 559 g/mol. The highest BCUT2D eigenvalue weighted by molar-refractivity contribution is 7.92. The van der Waals surface area contributed by atoms with Crippen LogP contribution in [0.3, 0.4) is 0 Å². The number of hydrogen-bond donors (Lipinski definition) is 2. The number of hydrogen-bond acceptors (Lipinski definition) is 7. The van der Waals surface area contributed by atoms with Gasteiger partial charge in [-0.15, -0.1) is 0 Å². The first-order chi connectivity index (χ1) is 18.0. The van der Waals surface area contributed by atoms with Crippen LogP contribution in [-0.4, -0.2) is 48.5 Å². The topological polar surface area (TPSA) is 131 Å². The van der Waals surface area contributed by atoms with Crippen molar-refractivity contribution in [2.24, 2.45) is 0 Å². The van der Waals surface area contributed by atoms with Gasteiger partial charge >= 0.3 is 0 Å². The van der Waals surface area contributed by atoms with Gasteiger partial charge in [-0.1, -0.05) is 42.5 Å².